The van der Waals surface area contributed by atoms with Gasteiger partial charge in [-0.2, -0.15) is 0 Å². The van der Waals surface area contributed by atoms with Crippen LogP contribution in [0.25, 0.3) is 0 Å². The molecule has 1 aromatic heterocycles. The zero-order valence-corrected chi connectivity index (χ0v) is 11.2. The third-order valence-corrected chi connectivity index (χ3v) is 3.92. The van der Waals surface area contributed by atoms with E-state index in [1.54, 1.807) is 0 Å². The highest BCUT2D eigenvalue weighted by Gasteiger charge is 2.26. The third kappa shape index (κ3) is 3.05. The summed E-state index contributed by atoms with van der Waals surface area (Å²) in [5, 5.41) is 10.6. The van der Waals surface area contributed by atoms with Crippen LogP contribution in [0.1, 0.15) is 0 Å². The van der Waals surface area contributed by atoms with Crippen molar-refractivity contribution < 1.29 is 17.7 Å². The largest absolute Gasteiger partial charge is 0.397 e. The quantitative estimate of drug-likeness (QED) is 0.500. The van der Waals surface area contributed by atoms with Gasteiger partial charge in [0.1, 0.15) is 4.90 Å². The molecule has 0 bridgehead atoms. The minimum atomic E-state index is -4.33. The second-order valence-electron chi connectivity index (χ2n) is 3.95. The Morgan fingerprint density at radius 2 is 2.10 bits per heavy atom. The topological polar surface area (TPSA) is 128 Å². The lowest BCUT2D eigenvalue weighted by atomic mass is 10.3. The van der Waals surface area contributed by atoms with Crippen LogP contribution in [0.2, 0.25) is 0 Å². The molecule has 0 aliphatic heterocycles. The zero-order valence-electron chi connectivity index (χ0n) is 10.4. The van der Waals surface area contributed by atoms with E-state index in [1.807, 2.05) is 0 Å². The van der Waals surface area contributed by atoms with Crippen LogP contribution in [0.3, 0.4) is 0 Å². The summed E-state index contributed by atoms with van der Waals surface area (Å²) in [6, 6.07) is 4.16. The molecule has 0 amide bonds. The maximum Gasteiger partial charge on any atom is 0.274 e. The van der Waals surface area contributed by atoms with Gasteiger partial charge in [0.05, 0.1) is 28.6 Å². The first-order valence-corrected chi connectivity index (χ1v) is 6.96. The Hall–Kier alpha value is -2.75. The van der Waals surface area contributed by atoms with Crippen LogP contribution in [0.5, 0.6) is 0 Å². The van der Waals surface area contributed by atoms with E-state index in [4.69, 9.17) is 5.73 Å². The Bertz CT molecular complexity index is 772. The van der Waals surface area contributed by atoms with Gasteiger partial charge in [-0.05, 0) is 12.1 Å². The molecule has 0 saturated heterocycles. The average molecular weight is 312 g/mol. The highest BCUT2D eigenvalue weighted by molar-refractivity contribution is 7.92. The molecule has 21 heavy (non-hydrogen) atoms. The summed E-state index contributed by atoms with van der Waals surface area (Å²) >= 11 is 0. The molecule has 0 aliphatic carbocycles. The Morgan fingerprint density at radius 3 is 2.62 bits per heavy atom. The number of pyridine rings is 1. The van der Waals surface area contributed by atoms with E-state index in [2.05, 4.69) is 9.71 Å². The van der Waals surface area contributed by atoms with Crippen molar-refractivity contribution in [2.24, 2.45) is 0 Å². The fourth-order valence-electron chi connectivity index (χ4n) is 1.62. The normalized spacial score (nSPS) is 11.1. The van der Waals surface area contributed by atoms with Gasteiger partial charge >= 0.3 is 0 Å². The Morgan fingerprint density at radius 1 is 1.38 bits per heavy atom. The third-order valence-electron chi connectivity index (χ3n) is 2.45. The van der Waals surface area contributed by atoms with E-state index in [0.29, 0.717) is 6.07 Å². The summed E-state index contributed by atoms with van der Waals surface area (Å²) in [6.45, 7) is 0. The van der Waals surface area contributed by atoms with Gasteiger partial charge < -0.3 is 5.73 Å². The lowest BCUT2D eigenvalue weighted by molar-refractivity contribution is -0.385. The van der Waals surface area contributed by atoms with Crippen LogP contribution < -0.4 is 10.5 Å². The predicted octanol–water partition coefficient (Wildman–Crippen LogP) is 1.51. The van der Waals surface area contributed by atoms with Gasteiger partial charge in [0.15, 0.2) is 5.82 Å². The van der Waals surface area contributed by atoms with E-state index in [-0.39, 0.29) is 5.69 Å². The van der Waals surface area contributed by atoms with E-state index >= 15 is 0 Å². The second-order valence-corrected chi connectivity index (χ2v) is 5.57. The smallest absolute Gasteiger partial charge is 0.274 e. The molecule has 3 N–H and O–H groups in total. The molecule has 0 unspecified atom stereocenters. The van der Waals surface area contributed by atoms with Crippen molar-refractivity contribution in [1.82, 2.24) is 4.98 Å². The predicted molar refractivity (Wildman–Crippen MR) is 72.5 cm³/mol. The fraction of sp³-hybridized carbons (Fsp3) is 0. The van der Waals surface area contributed by atoms with Crippen LogP contribution in [-0.4, -0.2) is 18.3 Å². The lowest BCUT2D eigenvalue weighted by Crippen LogP contribution is -2.17. The highest BCUT2D eigenvalue weighted by atomic mass is 32.2. The van der Waals surface area contributed by atoms with Crippen molar-refractivity contribution in [1.29, 1.82) is 0 Å². The number of nitro groups is 1. The number of sulfonamides is 1. The van der Waals surface area contributed by atoms with Crippen LogP contribution in [0.4, 0.5) is 21.5 Å². The highest BCUT2D eigenvalue weighted by Crippen LogP contribution is 2.28. The number of benzene rings is 1. The first kappa shape index (κ1) is 14.7. The van der Waals surface area contributed by atoms with Crippen molar-refractivity contribution >= 4 is 27.1 Å². The lowest BCUT2D eigenvalue weighted by Gasteiger charge is -2.10. The minimum absolute atomic E-state index is 0.106. The Kier molecular flexibility index (Phi) is 3.72. The molecule has 10 heteroatoms. The van der Waals surface area contributed by atoms with Crippen molar-refractivity contribution in [3.63, 3.8) is 0 Å². The Balaban J connectivity index is 2.48. The van der Waals surface area contributed by atoms with E-state index in [1.165, 1.54) is 24.5 Å². The van der Waals surface area contributed by atoms with Crippen LogP contribution in [0.15, 0.2) is 41.6 Å². The van der Waals surface area contributed by atoms with Gasteiger partial charge in [-0.25, -0.2) is 12.8 Å². The molecule has 2 aromatic rings. The molecule has 8 nitrogen and oxygen atoms in total. The number of nitrogens with zero attached hydrogens (tertiary/aromatic N) is 2. The number of nitro benzene ring substituents is 1. The molecule has 2 rings (SSSR count). The number of aromatic nitrogens is 1. The van der Waals surface area contributed by atoms with Gasteiger partial charge in [-0.1, -0.05) is 0 Å². The molecule has 0 spiro atoms. The first-order valence-electron chi connectivity index (χ1n) is 5.47. The van der Waals surface area contributed by atoms with Gasteiger partial charge in [-0.15, -0.1) is 0 Å². The number of rotatable bonds is 4. The van der Waals surface area contributed by atoms with E-state index < -0.39 is 37.0 Å². The van der Waals surface area contributed by atoms with E-state index in [0.717, 1.165) is 6.07 Å². The molecule has 0 saturated carbocycles. The maximum atomic E-state index is 13.9. The van der Waals surface area contributed by atoms with Gasteiger partial charge in [0, 0.05) is 12.3 Å². The summed E-state index contributed by atoms with van der Waals surface area (Å²) < 4.78 is 40.1. The van der Waals surface area contributed by atoms with Crippen molar-refractivity contribution in [2.75, 3.05) is 10.5 Å². The van der Waals surface area contributed by atoms with Crippen LogP contribution >= 0.6 is 0 Å². The van der Waals surface area contributed by atoms with Crippen molar-refractivity contribution in [3.8, 4) is 0 Å². The number of anilines is 2. The number of hydrogen-bond donors (Lipinski definition) is 2. The molecule has 0 radical (unpaired) electrons. The first-order chi connectivity index (χ1) is 9.81. The van der Waals surface area contributed by atoms with E-state index in [9.17, 15) is 22.9 Å². The number of hydrogen-bond acceptors (Lipinski definition) is 6. The number of nitrogen functional groups attached to an aromatic ring is 1. The summed E-state index contributed by atoms with van der Waals surface area (Å²) in [6.07, 6.45) is 2.65. The summed E-state index contributed by atoms with van der Waals surface area (Å²) in [5.41, 5.74) is 4.34. The van der Waals surface area contributed by atoms with Gasteiger partial charge in [-0.3, -0.25) is 19.8 Å². The molecular formula is C11H9FN4O4S. The Labute approximate surface area is 118 Å². The minimum Gasteiger partial charge on any atom is -0.397 e. The summed E-state index contributed by atoms with van der Waals surface area (Å²) in [7, 11) is -4.33. The molecule has 0 aliphatic rings. The number of halogens is 1. The fourth-order valence-corrected chi connectivity index (χ4v) is 2.84. The molecule has 1 heterocycles. The number of non-ortho nitro benzene ring substituents is 1. The van der Waals surface area contributed by atoms with Crippen LogP contribution in [-0.2, 0) is 10.0 Å². The average Bonchev–Trinajstić information content (AvgIpc) is 2.37. The molecule has 110 valence electrons. The van der Waals surface area contributed by atoms with Gasteiger partial charge in [0.2, 0.25) is 0 Å². The standard InChI is InChI=1S/C11H9FN4O4S/c12-9-4-8(16(17)18)5-10(13)11(9)21(19,20)15-7-2-1-3-14-6-7/h1-6,15H,13H2. The second kappa shape index (κ2) is 5.32. The van der Waals surface area contributed by atoms with Crippen molar-refractivity contribution in [3.05, 3.63) is 52.6 Å². The molecule has 0 atom stereocenters. The number of nitrogens with one attached hydrogen (secondary N) is 1. The summed E-state index contributed by atoms with van der Waals surface area (Å²) in [5.74, 6) is -1.31. The van der Waals surface area contributed by atoms with Crippen molar-refractivity contribution in [2.45, 2.75) is 4.90 Å². The van der Waals surface area contributed by atoms with Crippen LogP contribution in [0, 0.1) is 15.9 Å². The molecule has 1 aromatic carbocycles. The summed E-state index contributed by atoms with van der Waals surface area (Å²) in [4.78, 5) is 12.6. The van der Waals surface area contributed by atoms with Gasteiger partial charge in [0.25, 0.3) is 15.7 Å². The molecule has 0 fully saturated rings. The zero-order chi connectivity index (χ0) is 15.6. The maximum absolute atomic E-state index is 13.9. The monoisotopic (exact) mass is 312 g/mol. The SMILES string of the molecule is Nc1cc([N+](=O)[O-])cc(F)c1S(=O)(=O)Nc1cccnc1. The number of nitrogens with two attached hydrogens (primary N) is 1. The molecular weight excluding hydrogens is 303 g/mol.